The Morgan fingerprint density at radius 2 is 1.80 bits per heavy atom. The Hall–Kier alpha value is -2.56. The molecule has 0 aliphatic carbocycles. The van der Waals surface area contributed by atoms with Crippen LogP contribution in [0, 0.1) is 13.8 Å². The first-order valence-electron chi connectivity index (χ1n) is 8.20. The van der Waals surface area contributed by atoms with Crippen molar-refractivity contribution in [1.82, 2.24) is 4.98 Å². The molecule has 1 aliphatic heterocycles. The van der Waals surface area contributed by atoms with Gasteiger partial charge in [-0.1, -0.05) is 24.3 Å². The third kappa shape index (κ3) is 2.54. The average molecular weight is 342 g/mol. The molecular formula is C20H17F3N2. The van der Waals surface area contributed by atoms with Crippen LogP contribution in [0.3, 0.4) is 0 Å². The van der Waals surface area contributed by atoms with Crippen molar-refractivity contribution in [3.05, 3.63) is 64.8 Å². The Morgan fingerprint density at radius 1 is 1.04 bits per heavy atom. The van der Waals surface area contributed by atoms with Gasteiger partial charge < -0.3 is 4.90 Å². The van der Waals surface area contributed by atoms with Crippen LogP contribution in [0.4, 0.5) is 24.5 Å². The summed E-state index contributed by atoms with van der Waals surface area (Å²) >= 11 is 0. The Morgan fingerprint density at radius 3 is 2.56 bits per heavy atom. The molecule has 0 radical (unpaired) electrons. The van der Waals surface area contributed by atoms with Crippen molar-refractivity contribution in [2.45, 2.75) is 26.4 Å². The Kier molecular flexibility index (Phi) is 3.49. The highest BCUT2D eigenvalue weighted by Gasteiger charge is 2.32. The first-order valence-corrected chi connectivity index (χ1v) is 8.20. The number of para-hydroxylation sites is 1. The minimum Gasteiger partial charge on any atom is -0.340 e. The average Bonchev–Trinajstić information content (AvgIpc) is 3.01. The van der Waals surface area contributed by atoms with E-state index >= 15 is 0 Å². The number of alkyl halides is 3. The van der Waals surface area contributed by atoms with E-state index in [2.05, 4.69) is 0 Å². The number of anilines is 2. The second-order valence-electron chi connectivity index (χ2n) is 6.45. The predicted molar refractivity (Wildman–Crippen MR) is 93.4 cm³/mol. The van der Waals surface area contributed by atoms with Gasteiger partial charge in [-0.15, -0.1) is 0 Å². The van der Waals surface area contributed by atoms with Crippen LogP contribution in [-0.4, -0.2) is 11.5 Å². The number of aromatic nitrogens is 1. The van der Waals surface area contributed by atoms with Crippen LogP contribution < -0.4 is 4.90 Å². The second-order valence-corrected chi connectivity index (χ2v) is 6.45. The molecule has 5 heteroatoms. The van der Waals surface area contributed by atoms with Crippen LogP contribution >= 0.6 is 0 Å². The first kappa shape index (κ1) is 15.9. The zero-order chi connectivity index (χ0) is 17.8. The lowest BCUT2D eigenvalue weighted by Gasteiger charge is -2.23. The van der Waals surface area contributed by atoms with Gasteiger partial charge in [-0.05, 0) is 49.6 Å². The highest BCUT2D eigenvalue weighted by Crippen LogP contribution is 2.42. The number of hydrogen-bond acceptors (Lipinski definition) is 2. The maximum Gasteiger partial charge on any atom is 0.416 e. The molecular weight excluding hydrogens is 325 g/mol. The molecule has 0 spiro atoms. The second kappa shape index (κ2) is 5.48. The van der Waals surface area contributed by atoms with Gasteiger partial charge in [-0.25, -0.2) is 0 Å². The fraction of sp³-hybridized carbons (Fsp3) is 0.250. The predicted octanol–water partition coefficient (Wildman–Crippen LogP) is 5.56. The van der Waals surface area contributed by atoms with Crippen molar-refractivity contribution in [3.8, 4) is 0 Å². The number of fused-ring (bicyclic) bond motifs is 3. The Bertz CT molecular complexity index is 977. The lowest BCUT2D eigenvalue weighted by molar-refractivity contribution is -0.137. The van der Waals surface area contributed by atoms with Gasteiger partial charge in [-0.2, -0.15) is 13.2 Å². The molecule has 0 amide bonds. The van der Waals surface area contributed by atoms with Crippen LogP contribution in [0.1, 0.15) is 22.4 Å². The summed E-state index contributed by atoms with van der Waals surface area (Å²) in [5, 5.41) is 0.996. The number of rotatable bonds is 1. The number of benzene rings is 2. The largest absolute Gasteiger partial charge is 0.416 e. The van der Waals surface area contributed by atoms with Gasteiger partial charge in [0.1, 0.15) is 0 Å². The summed E-state index contributed by atoms with van der Waals surface area (Å²) in [6.45, 7) is 4.64. The molecule has 3 aromatic rings. The van der Waals surface area contributed by atoms with Gasteiger partial charge in [-0.3, -0.25) is 4.98 Å². The molecule has 128 valence electrons. The van der Waals surface area contributed by atoms with E-state index in [1.54, 1.807) is 6.07 Å². The van der Waals surface area contributed by atoms with Crippen molar-refractivity contribution in [2.75, 3.05) is 11.4 Å². The summed E-state index contributed by atoms with van der Waals surface area (Å²) in [5.41, 5.74) is 5.00. The summed E-state index contributed by atoms with van der Waals surface area (Å²) in [4.78, 5) is 6.71. The number of nitrogens with zero attached hydrogens (tertiary/aromatic N) is 2. The molecule has 1 aromatic heterocycles. The SMILES string of the molecule is Cc1nc2c(C)cccc2c2c1CCN2c1cccc(C(F)(F)F)c1. The summed E-state index contributed by atoms with van der Waals surface area (Å²) in [6, 6.07) is 11.5. The zero-order valence-electron chi connectivity index (χ0n) is 14.0. The van der Waals surface area contributed by atoms with Crippen molar-refractivity contribution < 1.29 is 13.2 Å². The lowest BCUT2D eigenvalue weighted by atomic mass is 10.0. The Labute approximate surface area is 143 Å². The third-order valence-corrected chi connectivity index (χ3v) is 4.84. The summed E-state index contributed by atoms with van der Waals surface area (Å²) in [5.74, 6) is 0. The highest BCUT2D eigenvalue weighted by molar-refractivity contribution is 5.98. The molecule has 0 unspecified atom stereocenters. The van der Waals surface area contributed by atoms with E-state index in [4.69, 9.17) is 4.98 Å². The molecule has 0 atom stereocenters. The van der Waals surface area contributed by atoms with Crippen LogP contribution in [0.2, 0.25) is 0 Å². The number of hydrogen-bond donors (Lipinski definition) is 0. The lowest BCUT2D eigenvalue weighted by Crippen LogP contribution is -2.15. The van der Waals surface area contributed by atoms with Crippen LogP contribution in [0.25, 0.3) is 10.9 Å². The van der Waals surface area contributed by atoms with E-state index in [1.807, 2.05) is 36.9 Å². The van der Waals surface area contributed by atoms with Gasteiger partial charge in [0.15, 0.2) is 0 Å². The molecule has 0 saturated heterocycles. The smallest absolute Gasteiger partial charge is 0.340 e. The first-order chi connectivity index (χ1) is 11.9. The van der Waals surface area contributed by atoms with E-state index in [0.717, 1.165) is 45.9 Å². The molecule has 0 saturated carbocycles. The van der Waals surface area contributed by atoms with E-state index in [-0.39, 0.29) is 0 Å². The maximum atomic E-state index is 13.1. The molecule has 25 heavy (non-hydrogen) atoms. The van der Waals surface area contributed by atoms with Crippen LogP contribution in [0.15, 0.2) is 42.5 Å². The molecule has 0 bridgehead atoms. The highest BCUT2D eigenvalue weighted by atomic mass is 19.4. The maximum absolute atomic E-state index is 13.1. The van der Waals surface area contributed by atoms with E-state index in [0.29, 0.717) is 12.2 Å². The zero-order valence-corrected chi connectivity index (χ0v) is 14.0. The van der Waals surface area contributed by atoms with Crippen molar-refractivity contribution >= 4 is 22.3 Å². The topological polar surface area (TPSA) is 16.1 Å². The van der Waals surface area contributed by atoms with Crippen LogP contribution in [-0.2, 0) is 12.6 Å². The van der Waals surface area contributed by atoms with E-state index in [9.17, 15) is 13.2 Å². The molecule has 0 N–H and O–H groups in total. The minimum absolute atomic E-state index is 0.571. The molecule has 0 fully saturated rings. The van der Waals surface area contributed by atoms with E-state index in [1.165, 1.54) is 12.1 Å². The number of halogens is 3. The third-order valence-electron chi connectivity index (χ3n) is 4.84. The van der Waals surface area contributed by atoms with Gasteiger partial charge in [0.25, 0.3) is 0 Å². The standard InChI is InChI=1S/C20H17F3N2/c1-12-5-3-8-17-18(12)24-13(2)16-9-10-25(19(16)17)15-7-4-6-14(11-15)20(21,22)23/h3-8,11H,9-10H2,1-2H3. The van der Waals surface area contributed by atoms with Crippen LogP contribution in [0.5, 0.6) is 0 Å². The quantitative estimate of drug-likeness (QED) is 0.575. The molecule has 2 aromatic carbocycles. The van der Waals surface area contributed by atoms with E-state index < -0.39 is 11.7 Å². The van der Waals surface area contributed by atoms with Crippen molar-refractivity contribution in [1.29, 1.82) is 0 Å². The van der Waals surface area contributed by atoms with Crippen molar-refractivity contribution in [2.24, 2.45) is 0 Å². The van der Waals surface area contributed by atoms with Gasteiger partial charge in [0, 0.05) is 23.3 Å². The van der Waals surface area contributed by atoms with Gasteiger partial charge >= 0.3 is 6.18 Å². The van der Waals surface area contributed by atoms with Gasteiger partial charge in [0.05, 0.1) is 16.8 Å². The molecule has 1 aliphatic rings. The Balaban J connectivity index is 1.93. The fourth-order valence-electron chi connectivity index (χ4n) is 3.62. The normalized spacial score (nSPS) is 14.2. The molecule has 2 nitrogen and oxygen atoms in total. The summed E-state index contributed by atoms with van der Waals surface area (Å²) in [7, 11) is 0. The number of pyridine rings is 1. The fourth-order valence-corrected chi connectivity index (χ4v) is 3.62. The minimum atomic E-state index is -4.34. The molecule has 4 rings (SSSR count). The number of aryl methyl sites for hydroxylation is 2. The van der Waals surface area contributed by atoms with Crippen molar-refractivity contribution in [3.63, 3.8) is 0 Å². The summed E-state index contributed by atoms with van der Waals surface area (Å²) in [6.07, 6.45) is -3.56. The summed E-state index contributed by atoms with van der Waals surface area (Å²) < 4.78 is 39.3. The monoisotopic (exact) mass is 342 g/mol. The molecule has 2 heterocycles. The van der Waals surface area contributed by atoms with Gasteiger partial charge in [0.2, 0.25) is 0 Å².